The zero-order valence-electron chi connectivity index (χ0n) is 11.4. The Morgan fingerprint density at radius 1 is 1.32 bits per heavy atom. The SMILES string of the molecule is CC(CSC(C)(C)C)=NOC(=O)N(C)SC(Cl)(Cl)Cl. The summed E-state index contributed by atoms with van der Waals surface area (Å²) >= 11 is 19.0. The van der Waals surface area contributed by atoms with Crippen LogP contribution in [0.25, 0.3) is 0 Å². The Bertz CT molecular complexity index is 341. The second-order valence-corrected chi connectivity index (χ2v) is 10.7. The Morgan fingerprint density at radius 2 is 1.84 bits per heavy atom. The van der Waals surface area contributed by atoms with Crippen molar-refractivity contribution in [3.63, 3.8) is 0 Å². The van der Waals surface area contributed by atoms with Crippen LogP contribution < -0.4 is 0 Å². The highest BCUT2D eigenvalue weighted by Gasteiger charge is 2.27. The number of carbonyl (C=O) groups is 1. The molecule has 0 aromatic carbocycles. The fraction of sp³-hybridized carbons (Fsp3) is 0.800. The van der Waals surface area contributed by atoms with Gasteiger partial charge in [-0.1, -0.05) is 60.7 Å². The van der Waals surface area contributed by atoms with Crippen molar-refractivity contribution in [2.24, 2.45) is 5.16 Å². The molecule has 0 radical (unpaired) electrons. The molecule has 0 aliphatic heterocycles. The van der Waals surface area contributed by atoms with Crippen LogP contribution in [0.1, 0.15) is 27.7 Å². The zero-order valence-corrected chi connectivity index (χ0v) is 15.3. The Morgan fingerprint density at radius 3 is 2.26 bits per heavy atom. The van der Waals surface area contributed by atoms with Gasteiger partial charge in [-0.25, -0.2) is 9.10 Å². The minimum Gasteiger partial charge on any atom is -0.297 e. The van der Waals surface area contributed by atoms with E-state index in [1.165, 1.54) is 7.05 Å². The molecule has 112 valence electrons. The van der Waals surface area contributed by atoms with Crippen LogP contribution in [0.5, 0.6) is 0 Å². The van der Waals surface area contributed by atoms with Crippen LogP contribution in [0.3, 0.4) is 0 Å². The smallest absolute Gasteiger partial charge is 0.297 e. The summed E-state index contributed by atoms with van der Waals surface area (Å²) < 4.78 is -0.418. The zero-order chi connectivity index (χ0) is 15.3. The first-order chi connectivity index (χ1) is 8.41. The maximum absolute atomic E-state index is 11.5. The van der Waals surface area contributed by atoms with Crippen LogP contribution >= 0.6 is 58.5 Å². The Kier molecular flexibility index (Phi) is 8.29. The summed E-state index contributed by atoms with van der Waals surface area (Å²) in [4.78, 5) is 16.3. The highest BCUT2D eigenvalue weighted by molar-refractivity contribution is 8.03. The van der Waals surface area contributed by atoms with E-state index in [4.69, 9.17) is 39.6 Å². The number of nitrogens with zero attached hydrogens (tertiary/aromatic N) is 2. The van der Waals surface area contributed by atoms with Crippen molar-refractivity contribution in [2.75, 3.05) is 12.8 Å². The van der Waals surface area contributed by atoms with Crippen molar-refractivity contribution < 1.29 is 9.63 Å². The molecule has 0 aromatic rings. The molecule has 0 bridgehead atoms. The molecule has 0 heterocycles. The van der Waals surface area contributed by atoms with Crippen LogP contribution in [-0.4, -0.2) is 36.8 Å². The summed E-state index contributed by atoms with van der Waals surface area (Å²) in [6.45, 7) is 8.08. The van der Waals surface area contributed by atoms with E-state index in [1.54, 1.807) is 18.7 Å². The molecule has 9 heteroatoms. The van der Waals surface area contributed by atoms with E-state index < -0.39 is 9.22 Å². The molecule has 0 fully saturated rings. The lowest BCUT2D eigenvalue weighted by atomic mass is 10.3. The van der Waals surface area contributed by atoms with Gasteiger partial charge in [0.1, 0.15) is 0 Å². The number of hydrogen-bond donors (Lipinski definition) is 0. The number of thioether (sulfide) groups is 1. The third kappa shape index (κ3) is 12.0. The second kappa shape index (κ2) is 8.08. The molecule has 19 heavy (non-hydrogen) atoms. The first-order valence-electron chi connectivity index (χ1n) is 5.29. The summed E-state index contributed by atoms with van der Waals surface area (Å²) in [6, 6.07) is 0. The van der Waals surface area contributed by atoms with Gasteiger partial charge in [-0.15, -0.1) is 11.8 Å². The molecule has 0 atom stereocenters. The van der Waals surface area contributed by atoms with E-state index in [0.29, 0.717) is 23.4 Å². The van der Waals surface area contributed by atoms with Gasteiger partial charge < -0.3 is 0 Å². The van der Waals surface area contributed by atoms with Crippen molar-refractivity contribution in [1.82, 2.24) is 4.31 Å². The molecule has 0 unspecified atom stereocenters. The molecular formula is C10H17Cl3N2O2S2. The van der Waals surface area contributed by atoms with E-state index in [0.717, 1.165) is 4.31 Å². The van der Waals surface area contributed by atoms with E-state index >= 15 is 0 Å². The monoisotopic (exact) mass is 366 g/mol. The van der Waals surface area contributed by atoms with Crippen molar-refractivity contribution in [2.45, 2.75) is 35.6 Å². The fourth-order valence-corrected chi connectivity index (χ4v) is 2.76. The average Bonchev–Trinajstić information content (AvgIpc) is 2.19. The van der Waals surface area contributed by atoms with Crippen LogP contribution in [0, 0.1) is 0 Å². The number of carbonyl (C=O) groups excluding carboxylic acids is 1. The predicted molar refractivity (Wildman–Crippen MR) is 87.4 cm³/mol. The third-order valence-corrected chi connectivity index (χ3v) is 4.17. The maximum Gasteiger partial charge on any atom is 0.445 e. The van der Waals surface area contributed by atoms with Crippen molar-refractivity contribution in [3.05, 3.63) is 0 Å². The van der Waals surface area contributed by atoms with Gasteiger partial charge in [-0.2, -0.15) is 0 Å². The minimum absolute atomic E-state index is 0.128. The number of hydrogen-bond acceptors (Lipinski definition) is 5. The van der Waals surface area contributed by atoms with E-state index in [2.05, 4.69) is 25.9 Å². The lowest BCUT2D eigenvalue weighted by molar-refractivity contribution is 0.137. The largest absolute Gasteiger partial charge is 0.445 e. The number of amides is 1. The van der Waals surface area contributed by atoms with Crippen molar-refractivity contribution >= 4 is 70.3 Å². The summed E-state index contributed by atoms with van der Waals surface area (Å²) in [5.41, 5.74) is 0.709. The number of alkyl halides is 3. The molecule has 0 aromatic heterocycles. The first-order valence-corrected chi connectivity index (χ1v) is 8.18. The highest BCUT2D eigenvalue weighted by Crippen LogP contribution is 2.40. The highest BCUT2D eigenvalue weighted by atomic mass is 35.6. The van der Waals surface area contributed by atoms with Gasteiger partial charge in [-0.05, 0) is 6.92 Å². The van der Waals surface area contributed by atoms with Gasteiger partial charge >= 0.3 is 6.09 Å². The van der Waals surface area contributed by atoms with Gasteiger partial charge in [0.25, 0.3) is 3.12 Å². The topological polar surface area (TPSA) is 41.9 Å². The Hall–Kier alpha value is 0.510. The van der Waals surface area contributed by atoms with Crippen LogP contribution in [0.15, 0.2) is 5.16 Å². The van der Waals surface area contributed by atoms with Gasteiger partial charge in [0.2, 0.25) is 0 Å². The van der Waals surface area contributed by atoms with E-state index in [9.17, 15) is 4.79 Å². The minimum atomic E-state index is -1.62. The standard InChI is InChI=1S/C10H17Cl3N2O2S2/c1-7(6-18-9(2,3)4)14-17-8(16)15(5)19-10(11,12)13/h6H2,1-5H3. The van der Waals surface area contributed by atoms with E-state index in [-0.39, 0.29) is 4.75 Å². The van der Waals surface area contributed by atoms with Gasteiger partial charge in [0, 0.05) is 29.5 Å². The fourth-order valence-electron chi connectivity index (χ4n) is 0.714. The number of oxime groups is 1. The molecule has 0 saturated heterocycles. The lowest BCUT2D eigenvalue weighted by Crippen LogP contribution is -2.23. The molecular weight excluding hydrogens is 351 g/mol. The van der Waals surface area contributed by atoms with Crippen molar-refractivity contribution in [1.29, 1.82) is 0 Å². The molecule has 4 nitrogen and oxygen atoms in total. The van der Waals surface area contributed by atoms with E-state index in [1.807, 2.05) is 0 Å². The number of halogens is 3. The summed E-state index contributed by atoms with van der Waals surface area (Å²) in [6.07, 6.45) is -0.698. The first kappa shape index (κ1) is 19.5. The summed E-state index contributed by atoms with van der Waals surface area (Å²) in [5, 5.41) is 3.74. The Balaban J connectivity index is 4.20. The van der Waals surface area contributed by atoms with Gasteiger partial charge in [0.15, 0.2) is 0 Å². The molecule has 0 aliphatic carbocycles. The van der Waals surface area contributed by atoms with Crippen molar-refractivity contribution in [3.8, 4) is 0 Å². The molecule has 0 N–H and O–H groups in total. The molecule has 0 aliphatic rings. The normalized spacial score (nSPS) is 13.4. The van der Waals surface area contributed by atoms with Crippen LogP contribution in [-0.2, 0) is 4.84 Å². The van der Waals surface area contributed by atoms with Gasteiger partial charge in [0.05, 0.1) is 5.71 Å². The lowest BCUT2D eigenvalue weighted by Gasteiger charge is -2.18. The summed E-state index contributed by atoms with van der Waals surface area (Å²) in [5.74, 6) is 0.679. The maximum atomic E-state index is 11.5. The molecule has 0 saturated carbocycles. The average molecular weight is 368 g/mol. The summed E-state index contributed by atoms with van der Waals surface area (Å²) in [7, 11) is 1.43. The molecule has 0 spiro atoms. The molecule has 1 amide bonds. The second-order valence-electron chi connectivity index (χ2n) is 4.62. The third-order valence-electron chi connectivity index (χ3n) is 1.49. The quantitative estimate of drug-likeness (QED) is 0.232. The predicted octanol–water partition coefficient (Wildman–Crippen LogP) is 4.94. The Labute approximate surface area is 137 Å². The molecule has 0 rings (SSSR count). The van der Waals surface area contributed by atoms with Crippen LogP contribution in [0.2, 0.25) is 0 Å². The van der Waals surface area contributed by atoms with Gasteiger partial charge in [-0.3, -0.25) is 4.84 Å². The number of rotatable bonds is 4. The van der Waals surface area contributed by atoms with Crippen LogP contribution in [0.4, 0.5) is 4.79 Å².